The van der Waals surface area contributed by atoms with Crippen molar-refractivity contribution in [3.05, 3.63) is 81.0 Å². The second-order valence-electron chi connectivity index (χ2n) is 13.3. The van der Waals surface area contributed by atoms with Crippen molar-refractivity contribution in [1.82, 2.24) is 0 Å². The first-order valence-electron chi connectivity index (χ1n) is 13.9. The Hall–Kier alpha value is -3.58. The summed E-state index contributed by atoms with van der Waals surface area (Å²) in [5.74, 6) is 26.5. The molecule has 0 heteroatoms. The van der Waals surface area contributed by atoms with Crippen molar-refractivity contribution in [1.29, 1.82) is 0 Å². The molecule has 0 saturated carbocycles. The Kier molecular flexibility index (Phi) is 6.18. The van der Waals surface area contributed by atoms with Gasteiger partial charge in [0.25, 0.3) is 0 Å². The molecule has 38 heavy (non-hydrogen) atoms. The average molecular weight is 495 g/mol. The van der Waals surface area contributed by atoms with Crippen molar-refractivity contribution >= 4 is 0 Å². The first-order valence-corrected chi connectivity index (χ1v) is 13.9. The molecule has 0 spiro atoms. The van der Waals surface area contributed by atoms with E-state index in [1.165, 1.54) is 33.4 Å². The van der Waals surface area contributed by atoms with E-state index in [1.54, 1.807) is 0 Å². The van der Waals surface area contributed by atoms with E-state index < -0.39 is 0 Å². The van der Waals surface area contributed by atoms with Crippen LogP contribution >= 0.6 is 0 Å². The fraction of sp³-hybridized carbons (Fsp3) is 0.421. The standard InChI is InChI=1S/C38H38/c1-35(2,3)29-23-27-21-22-28-24-30(36(4,5)6)26-34-32-20-18-16-14-12-10-9-11-13-15-17-19-31(32)33(25-29)37(27,7)38(28,34)8/h21-26H,13-16H2,1-8H3/t37-,38-/m0/s1. The Balaban J connectivity index is 1.91. The van der Waals surface area contributed by atoms with Crippen LogP contribution in [0.15, 0.2) is 81.0 Å². The number of hydrogen-bond donors (Lipinski definition) is 0. The summed E-state index contributed by atoms with van der Waals surface area (Å²) < 4.78 is 0. The molecule has 0 saturated heterocycles. The molecule has 0 aliphatic heterocycles. The SMILES string of the molecule is CC(C)(C)C1=CC2=C3C#CCCC#CC#CCCC#CC3=C3C=C(C(C)(C)C)C=C4C=CC(=C1)[C@]2(C)[C@@]43C. The molecule has 0 bridgehead atoms. The van der Waals surface area contributed by atoms with Gasteiger partial charge in [-0.1, -0.05) is 127 Å². The zero-order valence-corrected chi connectivity index (χ0v) is 24.3. The van der Waals surface area contributed by atoms with E-state index in [2.05, 4.69) is 139 Å². The predicted molar refractivity (Wildman–Crippen MR) is 160 cm³/mol. The molecule has 0 fully saturated rings. The molecule has 0 heterocycles. The molecule has 0 aromatic carbocycles. The lowest BCUT2D eigenvalue weighted by Crippen LogP contribution is -2.49. The molecule has 0 radical (unpaired) electrons. The molecule has 5 aliphatic carbocycles. The maximum absolute atomic E-state index is 3.66. The quantitative estimate of drug-likeness (QED) is 0.296. The van der Waals surface area contributed by atoms with E-state index in [-0.39, 0.29) is 21.7 Å². The van der Waals surface area contributed by atoms with Crippen LogP contribution in [-0.2, 0) is 0 Å². The second kappa shape index (κ2) is 9.02. The van der Waals surface area contributed by atoms with Gasteiger partial charge < -0.3 is 0 Å². The van der Waals surface area contributed by atoms with Gasteiger partial charge in [0.15, 0.2) is 0 Å². The zero-order valence-electron chi connectivity index (χ0n) is 24.3. The third-order valence-electron chi connectivity index (χ3n) is 8.83. The predicted octanol–water partition coefficient (Wildman–Crippen LogP) is 8.59. The summed E-state index contributed by atoms with van der Waals surface area (Å²) in [5.41, 5.74) is 9.81. The summed E-state index contributed by atoms with van der Waals surface area (Å²) >= 11 is 0. The van der Waals surface area contributed by atoms with Crippen LogP contribution in [0.5, 0.6) is 0 Å². The molecule has 0 aromatic heterocycles. The van der Waals surface area contributed by atoms with Gasteiger partial charge in [-0.25, -0.2) is 0 Å². The highest BCUT2D eigenvalue weighted by atomic mass is 14.6. The summed E-state index contributed by atoms with van der Waals surface area (Å²) in [4.78, 5) is 0. The molecule has 2 atom stereocenters. The molecule has 0 nitrogen and oxygen atoms in total. The van der Waals surface area contributed by atoms with Gasteiger partial charge in [-0.15, -0.1) is 0 Å². The molecular formula is C38H38. The number of allylic oxidation sites excluding steroid dienone is 14. The van der Waals surface area contributed by atoms with Crippen molar-refractivity contribution in [2.24, 2.45) is 21.7 Å². The van der Waals surface area contributed by atoms with Gasteiger partial charge in [0.05, 0.1) is 0 Å². The van der Waals surface area contributed by atoms with Crippen LogP contribution in [0, 0.1) is 69.0 Å². The van der Waals surface area contributed by atoms with Crippen LogP contribution in [0.25, 0.3) is 0 Å². The Labute approximate surface area is 230 Å². The molecule has 0 amide bonds. The topological polar surface area (TPSA) is 0 Å². The number of rotatable bonds is 0. The minimum atomic E-state index is -0.233. The number of fused-ring (bicyclic) bond motifs is 1. The summed E-state index contributed by atoms with van der Waals surface area (Å²) in [6.45, 7) is 18.7. The molecular weight excluding hydrogens is 456 g/mol. The van der Waals surface area contributed by atoms with Gasteiger partial charge in [-0.05, 0) is 56.1 Å². The lowest BCUT2D eigenvalue weighted by molar-refractivity contribution is 0.242. The Morgan fingerprint density at radius 1 is 0.553 bits per heavy atom. The first-order chi connectivity index (χ1) is 17.9. The lowest BCUT2D eigenvalue weighted by Gasteiger charge is -2.58. The largest absolute Gasteiger partial charge is 0.0968 e. The fourth-order valence-electron chi connectivity index (χ4n) is 6.15. The van der Waals surface area contributed by atoms with Gasteiger partial charge >= 0.3 is 0 Å². The zero-order chi connectivity index (χ0) is 27.3. The van der Waals surface area contributed by atoms with Gasteiger partial charge in [0.2, 0.25) is 0 Å². The molecule has 5 aliphatic rings. The smallest absolute Gasteiger partial charge is 0.0446 e. The molecule has 0 aromatic rings. The van der Waals surface area contributed by atoms with E-state index in [0.29, 0.717) is 0 Å². The molecule has 190 valence electrons. The number of hydrogen-bond acceptors (Lipinski definition) is 0. The molecule has 0 N–H and O–H groups in total. The Morgan fingerprint density at radius 3 is 1.29 bits per heavy atom. The fourth-order valence-corrected chi connectivity index (χ4v) is 6.15. The minimum absolute atomic E-state index is 0.0255. The minimum Gasteiger partial charge on any atom is -0.0968 e. The van der Waals surface area contributed by atoms with Crippen LogP contribution in [0.2, 0.25) is 0 Å². The van der Waals surface area contributed by atoms with Gasteiger partial charge in [0, 0.05) is 47.7 Å². The first kappa shape index (κ1) is 26.0. The van der Waals surface area contributed by atoms with Crippen molar-refractivity contribution in [3.63, 3.8) is 0 Å². The maximum atomic E-state index is 3.66. The second-order valence-corrected chi connectivity index (χ2v) is 13.3. The third kappa shape index (κ3) is 4.00. The van der Waals surface area contributed by atoms with Gasteiger partial charge in [-0.2, -0.15) is 0 Å². The van der Waals surface area contributed by atoms with Gasteiger partial charge in [-0.3, -0.25) is 0 Å². The van der Waals surface area contributed by atoms with Crippen molar-refractivity contribution in [2.45, 2.75) is 81.1 Å². The van der Waals surface area contributed by atoms with E-state index in [9.17, 15) is 0 Å². The Bertz CT molecular complexity index is 1470. The van der Waals surface area contributed by atoms with Crippen LogP contribution in [0.3, 0.4) is 0 Å². The van der Waals surface area contributed by atoms with Crippen LogP contribution in [0.1, 0.15) is 81.1 Å². The summed E-state index contributed by atoms with van der Waals surface area (Å²) in [6, 6.07) is 0. The summed E-state index contributed by atoms with van der Waals surface area (Å²) in [5, 5.41) is 0. The van der Waals surface area contributed by atoms with Gasteiger partial charge in [0.1, 0.15) is 0 Å². The Morgan fingerprint density at radius 2 is 0.921 bits per heavy atom. The van der Waals surface area contributed by atoms with E-state index in [4.69, 9.17) is 0 Å². The van der Waals surface area contributed by atoms with Crippen LogP contribution < -0.4 is 0 Å². The van der Waals surface area contributed by atoms with Crippen molar-refractivity contribution in [3.8, 4) is 47.4 Å². The van der Waals surface area contributed by atoms with Crippen LogP contribution in [0.4, 0.5) is 0 Å². The molecule has 5 rings (SSSR count). The highest BCUT2D eigenvalue weighted by Gasteiger charge is 2.59. The van der Waals surface area contributed by atoms with E-state index in [1.807, 2.05) is 0 Å². The lowest BCUT2D eigenvalue weighted by atomic mass is 9.44. The van der Waals surface area contributed by atoms with Crippen LogP contribution in [-0.4, -0.2) is 0 Å². The third-order valence-corrected chi connectivity index (χ3v) is 8.83. The highest BCUT2D eigenvalue weighted by molar-refractivity contribution is 5.77. The van der Waals surface area contributed by atoms with E-state index in [0.717, 1.165) is 36.8 Å². The molecule has 0 unspecified atom stereocenters. The van der Waals surface area contributed by atoms with E-state index >= 15 is 0 Å². The normalized spacial score (nSPS) is 27.6. The maximum Gasteiger partial charge on any atom is 0.0446 e. The monoisotopic (exact) mass is 494 g/mol. The summed E-state index contributed by atoms with van der Waals surface area (Å²) in [7, 11) is 0. The van der Waals surface area contributed by atoms with Crippen molar-refractivity contribution in [2.75, 3.05) is 0 Å². The summed E-state index contributed by atoms with van der Waals surface area (Å²) in [6.07, 6.45) is 17.4. The average Bonchev–Trinajstić information content (AvgIpc) is 2.83. The van der Waals surface area contributed by atoms with Crippen molar-refractivity contribution < 1.29 is 0 Å². The highest BCUT2D eigenvalue weighted by Crippen LogP contribution is 2.68.